The first-order valence-electron chi connectivity index (χ1n) is 5.79. The third-order valence-electron chi connectivity index (χ3n) is 3.08. The average molecular weight is 320 g/mol. The maximum Gasteiger partial charge on any atom is 0.128 e. The van der Waals surface area contributed by atoms with Gasteiger partial charge in [0.1, 0.15) is 5.82 Å². The van der Waals surface area contributed by atoms with Crippen LogP contribution in [0.25, 0.3) is 5.52 Å². The molecule has 0 aliphatic carbocycles. The van der Waals surface area contributed by atoms with Crippen LogP contribution in [-0.2, 0) is 0 Å². The first kappa shape index (κ1) is 12.3. The van der Waals surface area contributed by atoms with E-state index in [1.807, 2.05) is 24.4 Å². The van der Waals surface area contributed by atoms with Gasteiger partial charge in [0.25, 0.3) is 0 Å². The van der Waals surface area contributed by atoms with Crippen molar-refractivity contribution in [2.45, 2.75) is 6.04 Å². The van der Waals surface area contributed by atoms with Gasteiger partial charge >= 0.3 is 0 Å². The number of nitrogens with zero attached hydrogens (tertiary/aromatic N) is 2. The number of aromatic nitrogens is 2. The molecule has 5 heteroatoms. The van der Waals surface area contributed by atoms with E-state index in [0.29, 0.717) is 5.56 Å². The van der Waals surface area contributed by atoms with Crippen molar-refractivity contribution < 1.29 is 4.39 Å². The molecule has 0 bridgehead atoms. The minimum Gasteiger partial charge on any atom is -0.320 e. The second kappa shape index (κ2) is 4.75. The van der Waals surface area contributed by atoms with Crippen LogP contribution in [-0.4, -0.2) is 9.61 Å². The highest BCUT2D eigenvalue weighted by atomic mass is 79.9. The zero-order chi connectivity index (χ0) is 13.4. The summed E-state index contributed by atoms with van der Waals surface area (Å²) in [5, 5.41) is 4.22. The lowest BCUT2D eigenvalue weighted by atomic mass is 10.0. The first-order valence-corrected chi connectivity index (χ1v) is 6.59. The summed E-state index contributed by atoms with van der Waals surface area (Å²) >= 11 is 3.33. The third-order valence-corrected chi connectivity index (χ3v) is 3.58. The van der Waals surface area contributed by atoms with Gasteiger partial charge in [-0.3, -0.25) is 0 Å². The molecule has 3 nitrogen and oxygen atoms in total. The maximum atomic E-state index is 13.9. The summed E-state index contributed by atoms with van der Waals surface area (Å²) in [6, 6.07) is 9.92. The molecular formula is C14H11BrFN3. The van der Waals surface area contributed by atoms with Gasteiger partial charge in [-0.05, 0) is 30.3 Å². The minimum atomic E-state index is -0.544. The van der Waals surface area contributed by atoms with Crippen LogP contribution in [0.15, 0.2) is 53.3 Å². The maximum absolute atomic E-state index is 13.9. The zero-order valence-corrected chi connectivity index (χ0v) is 11.5. The predicted octanol–water partition coefficient (Wildman–Crippen LogP) is 3.28. The Kier molecular flexibility index (Phi) is 3.08. The average Bonchev–Trinajstić information content (AvgIpc) is 2.84. The van der Waals surface area contributed by atoms with Gasteiger partial charge in [-0.1, -0.05) is 22.0 Å². The van der Waals surface area contributed by atoms with Crippen LogP contribution >= 0.6 is 15.9 Å². The molecular weight excluding hydrogens is 309 g/mol. The molecule has 0 aliphatic heterocycles. The highest BCUT2D eigenvalue weighted by Crippen LogP contribution is 2.27. The van der Waals surface area contributed by atoms with E-state index in [4.69, 9.17) is 5.73 Å². The van der Waals surface area contributed by atoms with Gasteiger partial charge < -0.3 is 5.73 Å². The topological polar surface area (TPSA) is 43.3 Å². The molecule has 1 unspecified atom stereocenters. The summed E-state index contributed by atoms with van der Waals surface area (Å²) in [7, 11) is 0. The second-order valence-electron chi connectivity index (χ2n) is 4.27. The molecule has 0 amide bonds. The first-order chi connectivity index (χ1) is 9.16. The number of hydrogen-bond donors (Lipinski definition) is 1. The van der Waals surface area contributed by atoms with E-state index >= 15 is 0 Å². The molecule has 2 heterocycles. The largest absolute Gasteiger partial charge is 0.320 e. The smallest absolute Gasteiger partial charge is 0.128 e. The number of halogens is 2. The molecule has 0 fully saturated rings. The van der Waals surface area contributed by atoms with Gasteiger partial charge in [0.2, 0.25) is 0 Å². The molecule has 0 spiro atoms. The Bertz CT molecular complexity index is 738. The van der Waals surface area contributed by atoms with Crippen LogP contribution in [0.2, 0.25) is 0 Å². The van der Waals surface area contributed by atoms with Gasteiger partial charge in [0.05, 0.1) is 17.8 Å². The fourth-order valence-corrected chi connectivity index (χ4v) is 2.49. The second-order valence-corrected chi connectivity index (χ2v) is 5.19. The molecule has 0 saturated carbocycles. The zero-order valence-electron chi connectivity index (χ0n) is 9.92. The van der Waals surface area contributed by atoms with Crippen molar-refractivity contribution in [2.75, 3.05) is 0 Å². The van der Waals surface area contributed by atoms with E-state index in [1.165, 1.54) is 6.07 Å². The number of benzene rings is 1. The molecule has 2 N–H and O–H groups in total. The summed E-state index contributed by atoms with van der Waals surface area (Å²) in [5.74, 6) is -0.314. The Hall–Kier alpha value is -1.72. The Morgan fingerprint density at radius 2 is 2.05 bits per heavy atom. The lowest BCUT2D eigenvalue weighted by Gasteiger charge is -2.12. The van der Waals surface area contributed by atoms with E-state index in [0.717, 1.165) is 15.6 Å². The number of pyridine rings is 1. The van der Waals surface area contributed by atoms with Crippen LogP contribution in [0.5, 0.6) is 0 Å². The number of rotatable bonds is 2. The predicted molar refractivity (Wildman–Crippen MR) is 75.3 cm³/mol. The Morgan fingerprint density at radius 1 is 1.21 bits per heavy atom. The third kappa shape index (κ3) is 2.15. The van der Waals surface area contributed by atoms with Crippen molar-refractivity contribution in [3.8, 4) is 0 Å². The summed E-state index contributed by atoms with van der Waals surface area (Å²) in [4.78, 5) is 0. The van der Waals surface area contributed by atoms with Crippen LogP contribution in [0.3, 0.4) is 0 Å². The van der Waals surface area contributed by atoms with E-state index in [-0.39, 0.29) is 5.82 Å². The van der Waals surface area contributed by atoms with Crippen molar-refractivity contribution in [1.82, 2.24) is 9.61 Å². The SMILES string of the molecule is NC(c1cc(Br)ccc1F)c1cnn2ccccc12. The molecule has 0 radical (unpaired) electrons. The minimum absolute atomic E-state index is 0.314. The van der Waals surface area contributed by atoms with Gasteiger partial charge in [0, 0.05) is 21.8 Å². The molecule has 1 atom stereocenters. The highest BCUT2D eigenvalue weighted by Gasteiger charge is 2.17. The van der Waals surface area contributed by atoms with E-state index in [9.17, 15) is 4.39 Å². The molecule has 1 aromatic carbocycles. The molecule has 2 aromatic heterocycles. The Labute approximate surface area is 118 Å². The van der Waals surface area contributed by atoms with E-state index in [1.54, 1.807) is 22.8 Å². The molecule has 3 aromatic rings. The van der Waals surface area contributed by atoms with Gasteiger partial charge in [-0.25, -0.2) is 8.91 Å². The van der Waals surface area contributed by atoms with Crippen LogP contribution in [0.4, 0.5) is 4.39 Å². The summed E-state index contributed by atoms with van der Waals surface area (Å²) < 4.78 is 16.4. The molecule has 96 valence electrons. The normalized spacial score (nSPS) is 12.8. The van der Waals surface area contributed by atoms with Gasteiger partial charge in [0.15, 0.2) is 0 Å². The number of nitrogens with two attached hydrogens (primary N) is 1. The molecule has 19 heavy (non-hydrogen) atoms. The Balaban J connectivity index is 2.13. The van der Waals surface area contributed by atoms with E-state index < -0.39 is 6.04 Å². The van der Waals surface area contributed by atoms with Crippen molar-refractivity contribution in [2.24, 2.45) is 5.73 Å². The lowest BCUT2D eigenvalue weighted by molar-refractivity contribution is 0.600. The lowest BCUT2D eigenvalue weighted by Crippen LogP contribution is -2.13. The summed E-state index contributed by atoms with van der Waals surface area (Å²) in [6.07, 6.45) is 3.52. The fraction of sp³-hybridized carbons (Fsp3) is 0.0714. The van der Waals surface area contributed by atoms with Crippen LogP contribution in [0.1, 0.15) is 17.2 Å². The number of fused-ring (bicyclic) bond motifs is 1. The molecule has 0 aliphatic rings. The summed E-state index contributed by atoms with van der Waals surface area (Å²) in [5.41, 5.74) is 8.32. The van der Waals surface area contributed by atoms with E-state index in [2.05, 4.69) is 21.0 Å². The standard InChI is InChI=1S/C14H11BrFN3/c15-9-4-5-12(16)10(7-9)14(17)11-8-18-19-6-2-1-3-13(11)19/h1-8,14H,17H2. The quantitative estimate of drug-likeness (QED) is 0.787. The Morgan fingerprint density at radius 3 is 2.89 bits per heavy atom. The molecule has 0 saturated heterocycles. The van der Waals surface area contributed by atoms with Crippen LogP contribution < -0.4 is 5.73 Å². The van der Waals surface area contributed by atoms with Crippen LogP contribution in [0, 0.1) is 5.82 Å². The van der Waals surface area contributed by atoms with Gasteiger partial charge in [-0.15, -0.1) is 0 Å². The van der Waals surface area contributed by atoms with Gasteiger partial charge in [-0.2, -0.15) is 5.10 Å². The fourth-order valence-electron chi connectivity index (χ4n) is 2.11. The summed E-state index contributed by atoms with van der Waals surface area (Å²) in [6.45, 7) is 0. The highest BCUT2D eigenvalue weighted by molar-refractivity contribution is 9.10. The monoisotopic (exact) mass is 319 g/mol. The number of hydrogen-bond acceptors (Lipinski definition) is 2. The van der Waals surface area contributed by atoms with Crippen molar-refractivity contribution in [1.29, 1.82) is 0 Å². The van der Waals surface area contributed by atoms with Crippen molar-refractivity contribution in [3.63, 3.8) is 0 Å². The molecule has 3 rings (SSSR count). The van der Waals surface area contributed by atoms with Crippen molar-refractivity contribution in [3.05, 3.63) is 70.2 Å². The van der Waals surface area contributed by atoms with Crippen molar-refractivity contribution >= 4 is 21.4 Å².